The van der Waals surface area contributed by atoms with E-state index in [0.717, 1.165) is 31.0 Å². The summed E-state index contributed by atoms with van der Waals surface area (Å²) in [5.41, 5.74) is 0. The molecular weight excluding hydrogens is 264 g/mol. The van der Waals surface area contributed by atoms with Gasteiger partial charge in [-0.1, -0.05) is 32.1 Å². The molecule has 1 N–H and O–H groups in total. The van der Waals surface area contributed by atoms with Gasteiger partial charge in [-0.05, 0) is 37.5 Å². The quantitative estimate of drug-likeness (QED) is 0.848. The van der Waals surface area contributed by atoms with Crippen molar-refractivity contribution in [1.82, 2.24) is 9.80 Å². The maximum absolute atomic E-state index is 11.0. The monoisotopic (exact) mass is 294 g/mol. The Labute approximate surface area is 128 Å². The van der Waals surface area contributed by atoms with Crippen LogP contribution in [0.25, 0.3) is 0 Å². The molecule has 1 amide bonds. The van der Waals surface area contributed by atoms with Gasteiger partial charge in [0.05, 0.1) is 0 Å². The van der Waals surface area contributed by atoms with E-state index in [9.17, 15) is 4.79 Å². The van der Waals surface area contributed by atoms with Crippen LogP contribution in [-0.2, 0) is 0 Å². The smallest absolute Gasteiger partial charge is 0.407 e. The van der Waals surface area contributed by atoms with Crippen molar-refractivity contribution in [3.05, 3.63) is 0 Å². The van der Waals surface area contributed by atoms with Crippen LogP contribution in [0, 0.1) is 11.8 Å². The highest BCUT2D eigenvalue weighted by molar-refractivity contribution is 5.65. The number of piperazine rings is 1. The van der Waals surface area contributed by atoms with Crippen molar-refractivity contribution < 1.29 is 9.90 Å². The summed E-state index contributed by atoms with van der Waals surface area (Å²) in [6.07, 6.45) is 12.1. The van der Waals surface area contributed by atoms with Gasteiger partial charge in [-0.3, -0.25) is 4.90 Å². The van der Waals surface area contributed by atoms with E-state index in [1.54, 1.807) is 4.90 Å². The van der Waals surface area contributed by atoms with E-state index in [2.05, 4.69) is 4.90 Å². The summed E-state index contributed by atoms with van der Waals surface area (Å²) >= 11 is 0. The van der Waals surface area contributed by atoms with Crippen molar-refractivity contribution in [3.8, 4) is 0 Å². The average molecular weight is 294 g/mol. The molecule has 4 heteroatoms. The summed E-state index contributed by atoms with van der Waals surface area (Å²) in [6, 6.07) is 0.723. The Morgan fingerprint density at radius 1 is 0.762 bits per heavy atom. The number of hydrogen-bond acceptors (Lipinski definition) is 2. The number of rotatable bonds is 2. The Morgan fingerprint density at radius 3 is 1.90 bits per heavy atom. The third-order valence-corrected chi connectivity index (χ3v) is 6.16. The number of amides is 1. The summed E-state index contributed by atoms with van der Waals surface area (Å²) in [6.45, 7) is 3.26. The third kappa shape index (κ3) is 3.71. The zero-order valence-corrected chi connectivity index (χ0v) is 13.2. The van der Waals surface area contributed by atoms with Crippen LogP contribution in [0.2, 0.25) is 0 Å². The fraction of sp³-hybridized carbons (Fsp3) is 0.941. The molecule has 1 saturated heterocycles. The maximum Gasteiger partial charge on any atom is 0.407 e. The van der Waals surface area contributed by atoms with Crippen LogP contribution >= 0.6 is 0 Å². The molecule has 2 saturated carbocycles. The lowest BCUT2D eigenvalue weighted by molar-refractivity contribution is 0.0580. The lowest BCUT2D eigenvalue weighted by Crippen LogP contribution is -2.52. The Balaban J connectivity index is 1.42. The Bertz CT molecular complexity index is 339. The molecule has 2 aliphatic carbocycles. The highest BCUT2D eigenvalue weighted by Gasteiger charge is 2.32. The second kappa shape index (κ2) is 6.99. The van der Waals surface area contributed by atoms with E-state index in [1.807, 2.05) is 0 Å². The van der Waals surface area contributed by atoms with Gasteiger partial charge in [-0.15, -0.1) is 0 Å². The van der Waals surface area contributed by atoms with E-state index < -0.39 is 6.09 Å². The fourth-order valence-electron chi connectivity index (χ4n) is 4.82. The zero-order valence-electron chi connectivity index (χ0n) is 13.2. The van der Waals surface area contributed by atoms with Gasteiger partial charge in [0.25, 0.3) is 0 Å². The molecular formula is C17H30N2O2. The molecule has 0 spiro atoms. The van der Waals surface area contributed by atoms with Gasteiger partial charge in [0.15, 0.2) is 0 Å². The molecule has 3 aliphatic rings. The van der Waals surface area contributed by atoms with Crippen LogP contribution in [0.4, 0.5) is 4.79 Å². The molecule has 3 fully saturated rings. The second-order valence-electron chi connectivity index (χ2n) is 7.27. The number of hydrogen-bond donors (Lipinski definition) is 1. The minimum atomic E-state index is -0.754. The first-order valence-corrected chi connectivity index (χ1v) is 8.96. The molecule has 0 bridgehead atoms. The predicted molar refractivity (Wildman–Crippen MR) is 83.5 cm³/mol. The van der Waals surface area contributed by atoms with Crippen molar-refractivity contribution in [2.45, 2.75) is 63.8 Å². The van der Waals surface area contributed by atoms with Crippen molar-refractivity contribution in [2.75, 3.05) is 26.2 Å². The first kappa shape index (κ1) is 15.1. The number of carbonyl (C=O) groups is 1. The summed E-state index contributed by atoms with van der Waals surface area (Å²) < 4.78 is 0. The van der Waals surface area contributed by atoms with Crippen LogP contribution in [0.3, 0.4) is 0 Å². The average Bonchev–Trinajstić information content (AvgIpc) is 2.56. The summed E-state index contributed by atoms with van der Waals surface area (Å²) in [5, 5.41) is 9.02. The van der Waals surface area contributed by atoms with Crippen molar-refractivity contribution >= 4 is 6.09 Å². The van der Waals surface area contributed by atoms with Gasteiger partial charge in [-0.2, -0.15) is 0 Å². The third-order valence-electron chi connectivity index (χ3n) is 6.16. The first-order valence-electron chi connectivity index (χ1n) is 8.96. The highest BCUT2D eigenvalue weighted by Crippen LogP contribution is 2.39. The predicted octanol–water partition coefficient (Wildman–Crippen LogP) is 3.42. The van der Waals surface area contributed by atoms with E-state index in [0.29, 0.717) is 13.1 Å². The molecule has 0 radical (unpaired) electrons. The molecule has 0 unspecified atom stereocenters. The first-order chi connectivity index (χ1) is 10.2. The summed E-state index contributed by atoms with van der Waals surface area (Å²) in [4.78, 5) is 15.1. The van der Waals surface area contributed by atoms with Gasteiger partial charge < -0.3 is 10.0 Å². The normalized spacial score (nSPS) is 33.0. The van der Waals surface area contributed by atoms with Crippen LogP contribution in [-0.4, -0.2) is 53.2 Å². The van der Waals surface area contributed by atoms with Crippen LogP contribution in [0.15, 0.2) is 0 Å². The second-order valence-corrected chi connectivity index (χ2v) is 7.27. The van der Waals surface area contributed by atoms with Gasteiger partial charge in [0.1, 0.15) is 0 Å². The molecule has 0 aromatic heterocycles. The minimum absolute atomic E-state index is 0.692. The summed E-state index contributed by atoms with van der Waals surface area (Å²) in [7, 11) is 0. The summed E-state index contributed by atoms with van der Waals surface area (Å²) in [5.74, 6) is 2.01. The molecule has 1 aliphatic heterocycles. The van der Waals surface area contributed by atoms with E-state index in [-0.39, 0.29) is 0 Å². The highest BCUT2D eigenvalue weighted by atomic mass is 16.4. The minimum Gasteiger partial charge on any atom is -0.465 e. The SMILES string of the molecule is O=C(O)N1CCN(C2CCC(C3CCCCC3)CC2)CC1. The van der Waals surface area contributed by atoms with E-state index in [1.165, 1.54) is 57.8 Å². The topological polar surface area (TPSA) is 43.8 Å². The van der Waals surface area contributed by atoms with Crippen molar-refractivity contribution in [2.24, 2.45) is 11.8 Å². The molecule has 0 atom stereocenters. The van der Waals surface area contributed by atoms with E-state index >= 15 is 0 Å². The number of nitrogens with zero attached hydrogens (tertiary/aromatic N) is 2. The fourth-order valence-corrected chi connectivity index (χ4v) is 4.82. The standard InChI is InChI=1S/C17H30N2O2/c20-17(21)19-12-10-18(11-13-19)16-8-6-15(7-9-16)14-4-2-1-3-5-14/h14-16H,1-13H2,(H,20,21). The molecule has 1 heterocycles. The Hall–Kier alpha value is -0.770. The number of carboxylic acid groups (broad SMARTS) is 1. The molecule has 0 aromatic carbocycles. The molecule has 120 valence electrons. The van der Waals surface area contributed by atoms with E-state index in [4.69, 9.17) is 5.11 Å². The molecule has 4 nitrogen and oxygen atoms in total. The lowest BCUT2D eigenvalue weighted by Gasteiger charge is -2.43. The van der Waals surface area contributed by atoms with Gasteiger partial charge in [-0.25, -0.2) is 4.79 Å². The molecule has 3 rings (SSSR count). The zero-order chi connectivity index (χ0) is 14.7. The largest absolute Gasteiger partial charge is 0.465 e. The van der Waals surface area contributed by atoms with Crippen molar-refractivity contribution in [1.29, 1.82) is 0 Å². The molecule has 21 heavy (non-hydrogen) atoms. The van der Waals surface area contributed by atoms with Crippen molar-refractivity contribution in [3.63, 3.8) is 0 Å². The van der Waals surface area contributed by atoms with Gasteiger partial charge in [0.2, 0.25) is 0 Å². The Morgan fingerprint density at radius 2 is 1.33 bits per heavy atom. The van der Waals surface area contributed by atoms with Crippen LogP contribution in [0.1, 0.15) is 57.8 Å². The van der Waals surface area contributed by atoms with Gasteiger partial charge in [0, 0.05) is 32.2 Å². The van der Waals surface area contributed by atoms with Gasteiger partial charge >= 0.3 is 6.09 Å². The maximum atomic E-state index is 11.0. The lowest BCUT2D eigenvalue weighted by atomic mass is 9.72. The van der Waals surface area contributed by atoms with Crippen LogP contribution in [0.5, 0.6) is 0 Å². The Kier molecular flexibility index (Phi) is 5.04. The molecule has 0 aromatic rings. The van der Waals surface area contributed by atoms with Crippen LogP contribution < -0.4 is 0 Å².